The van der Waals surface area contributed by atoms with Crippen LogP contribution in [0.2, 0.25) is 0 Å². The number of carbonyl (C=O) groups excluding carboxylic acids is 1. The summed E-state index contributed by atoms with van der Waals surface area (Å²) < 4.78 is 7.83. The van der Waals surface area contributed by atoms with Crippen molar-refractivity contribution < 1.29 is 24.3 Å². The molecule has 1 saturated heterocycles. The molecule has 2 heterocycles. The number of aliphatic hydroxyl groups is 2. The zero-order chi connectivity index (χ0) is 24.0. The SMILES string of the molecule is O=C(CCC[n+]1ccccc1/C=C/c1ccc(N(CCO)CCO)cc1)OC1CCCSSC1. The van der Waals surface area contributed by atoms with Crippen LogP contribution in [0.15, 0.2) is 48.7 Å². The Morgan fingerprint density at radius 3 is 2.65 bits per heavy atom. The average molecular weight is 504 g/mol. The molecule has 1 aromatic carbocycles. The summed E-state index contributed by atoms with van der Waals surface area (Å²) in [6.45, 7) is 1.83. The minimum atomic E-state index is -0.0948. The number of hydrogen-bond donors (Lipinski definition) is 2. The Bertz CT molecular complexity index is 894. The Morgan fingerprint density at radius 1 is 1.09 bits per heavy atom. The summed E-state index contributed by atoms with van der Waals surface area (Å²) in [5.41, 5.74) is 3.11. The van der Waals surface area contributed by atoms with Crippen LogP contribution < -0.4 is 9.47 Å². The molecule has 6 nitrogen and oxygen atoms in total. The fraction of sp³-hybridized carbons (Fsp3) is 0.462. The minimum absolute atomic E-state index is 0.0478. The van der Waals surface area contributed by atoms with Gasteiger partial charge in [0.1, 0.15) is 12.6 Å². The molecule has 2 aromatic rings. The molecule has 8 heteroatoms. The van der Waals surface area contributed by atoms with Crippen LogP contribution in [0.4, 0.5) is 5.69 Å². The molecule has 1 aliphatic heterocycles. The first-order chi connectivity index (χ1) is 16.7. The van der Waals surface area contributed by atoms with E-state index in [1.807, 2.05) is 58.3 Å². The van der Waals surface area contributed by atoms with E-state index in [2.05, 4.69) is 22.8 Å². The van der Waals surface area contributed by atoms with Crippen molar-refractivity contribution in [3.63, 3.8) is 0 Å². The number of aryl methyl sites for hydroxylation is 1. The number of anilines is 1. The number of aromatic nitrogens is 1. The predicted octanol–water partition coefficient (Wildman–Crippen LogP) is 3.80. The van der Waals surface area contributed by atoms with Crippen LogP contribution in [-0.4, -0.2) is 60.1 Å². The highest BCUT2D eigenvalue weighted by Crippen LogP contribution is 2.29. The maximum Gasteiger partial charge on any atom is 0.306 e. The molecule has 2 N–H and O–H groups in total. The van der Waals surface area contributed by atoms with Crippen LogP contribution in [-0.2, 0) is 16.1 Å². The highest BCUT2D eigenvalue weighted by molar-refractivity contribution is 8.76. The largest absolute Gasteiger partial charge is 0.461 e. The van der Waals surface area contributed by atoms with Crippen LogP contribution in [0.3, 0.4) is 0 Å². The van der Waals surface area contributed by atoms with Crippen molar-refractivity contribution in [2.75, 3.05) is 42.7 Å². The van der Waals surface area contributed by atoms with E-state index in [-0.39, 0.29) is 25.3 Å². The number of ether oxygens (including phenoxy) is 1. The first-order valence-corrected chi connectivity index (χ1v) is 14.4. The number of nitrogens with zero attached hydrogens (tertiary/aromatic N) is 2. The van der Waals surface area contributed by atoms with Crippen molar-refractivity contribution in [1.29, 1.82) is 0 Å². The van der Waals surface area contributed by atoms with Gasteiger partial charge in [-0.2, -0.15) is 4.57 Å². The van der Waals surface area contributed by atoms with Crippen LogP contribution in [0.1, 0.15) is 36.9 Å². The molecule has 184 valence electrons. The second-order valence-electron chi connectivity index (χ2n) is 8.14. The average Bonchev–Trinajstić information content (AvgIpc) is 3.12. The Labute approximate surface area is 210 Å². The van der Waals surface area contributed by atoms with Crippen molar-refractivity contribution in [2.24, 2.45) is 0 Å². The fourth-order valence-corrected chi connectivity index (χ4v) is 6.14. The van der Waals surface area contributed by atoms with Crippen LogP contribution in [0, 0.1) is 0 Å². The maximum absolute atomic E-state index is 12.3. The van der Waals surface area contributed by atoms with Gasteiger partial charge in [-0.15, -0.1) is 0 Å². The van der Waals surface area contributed by atoms with E-state index < -0.39 is 0 Å². The Morgan fingerprint density at radius 2 is 1.88 bits per heavy atom. The van der Waals surface area contributed by atoms with Crippen molar-refractivity contribution in [3.05, 3.63) is 59.9 Å². The first kappa shape index (κ1) is 26.6. The third-order valence-electron chi connectivity index (χ3n) is 5.59. The molecular formula is C26H35N2O4S2+. The smallest absolute Gasteiger partial charge is 0.306 e. The number of pyridine rings is 1. The van der Waals surface area contributed by atoms with Crippen LogP contribution in [0.25, 0.3) is 12.2 Å². The lowest BCUT2D eigenvalue weighted by atomic mass is 10.1. The lowest BCUT2D eigenvalue weighted by Gasteiger charge is -2.22. The maximum atomic E-state index is 12.3. The first-order valence-electron chi connectivity index (χ1n) is 11.9. The molecule has 0 amide bonds. The minimum Gasteiger partial charge on any atom is -0.461 e. The molecule has 0 aliphatic carbocycles. The van der Waals surface area contributed by atoms with Crippen LogP contribution >= 0.6 is 21.6 Å². The van der Waals surface area contributed by atoms with Gasteiger partial charge in [0, 0.05) is 54.9 Å². The van der Waals surface area contributed by atoms with Gasteiger partial charge in [0.2, 0.25) is 5.69 Å². The second kappa shape index (κ2) is 15.1. The molecular weight excluding hydrogens is 468 g/mol. The van der Waals surface area contributed by atoms with Crippen molar-refractivity contribution >= 4 is 45.4 Å². The molecule has 34 heavy (non-hydrogen) atoms. The summed E-state index contributed by atoms with van der Waals surface area (Å²) in [7, 11) is 3.67. The normalized spacial score (nSPS) is 16.4. The summed E-state index contributed by atoms with van der Waals surface area (Å²) in [5.74, 6) is 1.93. The summed E-state index contributed by atoms with van der Waals surface area (Å²) in [5, 5.41) is 18.5. The van der Waals surface area contributed by atoms with Gasteiger partial charge in [-0.25, -0.2) is 0 Å². The fourth-order valence-electron chi connectivity index (χ4n) is 3.80. The quantitative estimate of drug-likeness (QED) is 0.259. The van der Waals surface area contributed by atoms with Crippen LogP contribution in [0.5, 0.6) is 0 Å². The number of benzene rings is 1. The summed E-state index contributed by atoms with van der Waals surface area (Å²) in [6, 6.07) is 14.1. The van der Waals surface area contributed by atoms with Crippen molar-refractivity contribution in [2.45, 2.75) is 38.3 Å². The van der Waals surface area contributed by atoms with E-state index >= 15 is 0 Å². The Hall–Kier alpha value is -2.00. The van der Waals surface area contributed by atoms with Crippen molar-refractivity contribution in [3.8, 4) is 0 Å². The monoisotopic (exact) mass is 503 g/mol. The third-order valence-corrected chi connectivity index (χ3v) is 8.13. The number of aliphatic hydroxyl groups excluding tert-OH is 2. The standard InChI is InChI=1S/C26H35N2O4S2/c29-18-16-28(17-19-30)24-12-9-22(10-13-24)8-11-23-5-1-2-14-27(23)15-3-7-26(31)32-25-6-4-20-33-34-21-25/h1-2,5,8-14,25,29-30H,3-4,6-7,15-21H2/q+1. The Kier molecular flexibility index (Phi) is 11.8. The molecule has 0 spiro atoms. The zero-order valence-electron chi connectivity index (χ0n) is 19.6. The van der Waals surface area contributed by atoms with Gasteiger partial charge >= 0.3 is 5.97 Å². The lowest BCUT2D eigenvalue weighted by Crippen LogP contribution is -2.36. The molecule has 0 saturated carbocycles. The highest BCUT2D eigenvalue weighted by Gasteiger charge is 2.18. The van der Waals surface area contributed by atoms with Crippen molar-refractivity contribution in [1.82, 2.24) is 0 Å². The predicted molar refractivity (Wildman–Crippen MR) is 142 cm³/mol. The third kappa shape index (κ3) is 8.98. The molecule has 3 rings (SSSR count). The highest BCUT2D eigenvalue weighted by atomic mass is 33.1. The van der Waals surface area contributed by atoms with Gasteiger partial charge in [0.05, 0.1) is 19.6 Å². The zero-order valence-corrected chi connectivity index (χ0v) is 21.2. The van der Waals surface area contributed by atoms with E-state index in [1.165, 1.54) is 0 Å². The number of esters is 1. The molecule has 1 aromatic heterocycles. The van der Waals surface area contributed by atoms with Gasteiger partial charge in [0.25, 0.3) is 0 Å². The Balaban J connectivity index is 1.52. The van der Waals surface area contributed by atoms with Gasteiger partial charge in [-0.05, 0) is 42.7 Å². The lowest BCUT2D eigenvalue weighted by molar-refractivity contribution is -0.698. The molecule has 1 fully saturated rings. The summed E-state index contributed by atoms with van der Waals surface area (Å²) in [4.78, 5) is 14.2. The van der Waals surface area contributed by atoms with Gasteiger partial charge in [-0.1, -0.05) is 33.7 Å². The van der Waals surface area contributed by atoms with E-state index in [9.17, 15) is 15.0 Å². The molecule has 1 aliphatic rings. The number of hydrogen-bond acceptors (Lipinski definition) is 7. The van der Waals surface area contributed by atoms with E-state index in [0.29, 0.717) is 19.5 Å². The van der Waals surface area contributed by atoms with E-state index in [1.54, 1.807) is 10.8 Å². The molecule has 1 atom stereocenters. The van der Waals surface area contributed by atoms with E-state index in [4.69, 9.17) is 4.74 Å². The number of rotatable bonds is 12. The number of carbonyl (C=O) groups is 1. The van der Waals surface area contributed by atoms with E-state index in [0.717, 1.165) is 54.3 Å². The molecule has 0 bridgehead atoms. The second-order valence-corrected chi connectivity index (χ2v) is 10.8. The molecule has 1 unspecified atom stereocenters. The summed E-state index contributed by atoms with van der Waals surface area (Å²) in [6.07, 6.45) is 9.48. The topological polar surface area (TPSA) is 73.9 Å². The molecule has 0 radical (unpaired) electrons. The summed E-state index contributed by atoms with van der Waals surface area (Å²) >= 11 is 0. The van der Waals surface area contributed by atoms with Gasteiger partial charge < -0.3 is 19.8 Å². The van der Waals surface area contributed by atoms with Gasteiger partial charge in [0.15, 0.2) is 6.20 Å². The van der Waals surface area contributed by atoms with Gasteiger partial charge in [-0.3, -0.25) is 4.79 Å².